The number of hydrogen-bond donors (Lipinski definition) is 3. The predicted octanol–water partition coefficient (Wildman–Crippen LogP) is 0.872. The first-order valence-electron chi connectivity index (χ1n) is 3.32. The maximum absolute atomic E-state index is 8.26. The minimum atomic E-state index is 0.102. The lowest BCUT2D eigenvalue weighted by Crippen LogP contribution is -2.30. The van der Waals surface area contributed by atoms with Gasteiger partial charge in [0.2, 0.25) is 5.11 Å². The molecule has 64 valence electrons. The third-order valence-corrected chi connectivity index (χ3v) is 1.45. The summed E-state index contributed by atoms with van der Waals surface area (Å²) in [4.78, 5) is 0. The number of hydroxylamine groups is 1. The van der Waals surface area contributed by atoms with Gasteiger partial charge < -0.3 is 0 Å². The molecule has 0 bridgehead atoms. The highest BCUT2D eigenvalue weighted by atomic mass is 32.1. The molecule has 0 saturated heterocycles. The zero-order valence-electron chi connectivity index (χ0n) is 6.88. The number of rotatable bonds is 2. The Morgan fingerprint density at radius 1 is 1.55 bits per heavy atom. The van der Waals surface area contributed by atoms with Crippen LogP contribution in [0.4, 0.5) is 0 Å². The molecular weight excluding hydrogens is 162 g/mol. The Bertz CT molecular complexity index is 167. The van der Waals surface area contributed by atoms with Crippen LogP contribution in [-0.4, -0.2) is 16.0 Å². The molecular formula is C6H13N3OS. The van der Waals surface area contributed by atoms with Gasteiger partial charge in [0.1, 0.15) is 0 Å². The van der Waals surface area contributed by atoms with Gasteiger partial charge in [0.05, 0.1) is 0 Å². The van der Waals surface area contributed by atoms with Gasteiger partial charge in [0.15, 0.2) is 0 Å². The van der Waals surface area contributed by atoms with Crippen molar-refractivity contribution in [1.29, 1.82) is 0 Å². The normalized spacial score (nSPS) is 11.5. The van der Waals surface area contributed by atoms with E-state index in [-0.39, 0.29) is 5.11 Å². The van der Waals surface area contributed by atoms with Gasteiger partial charge in [-0.1, -0.05) is 13.8 Å². The summed E-state index contributed by atoms with van der Waals surface area (Å²) in [5, 5.41) is 12.3. The standard InChI is InChI=1S/C6H13N3OS/c1-4(2)5(3)7-8-6(11)9-10/h4,10H,1-3H3,(H2,8,9,11)/b7-5+. The van der Waals surface area contributed by atoms with Crippen LogP contribution < -0.4 is 10.9 Å². The zero-order valence-corrected chi connectivity index (χ0v) is 7.70. The van der Waals surface area contributed by atoms with Gasteiger partial charge >= 0.3 is 0 Å². The molecule has 4 nitrogen and oxygen atoms in total. The maximum Gasteiger partial charge on any atom is 0.210 e. The van der Waals surface area contributed by atoms with Crippen molar-refractivity contribution >= 4 is 23.0 Å². The fraction of sp³-hybridized carbons (Fsp3) is 0.667. The molecule has 0 atom stereocenters. The topological polar surface area (TPSA) is 56.7 Å². The molecule has 0 fully saturated rings. The summed E-state index contributed by atoms with van der Waals surface area (Å²) < 4.78 is 0. The van der Waals surface area contributed by atoms with Crippen LogP contribution in [0.25, 0.3) is 0 Å². The van der Waals surface area contributed by atoms with E-state index in [4.69, 9.17) is 5.21 Å². The molecule has 0 rings (SSSR count). The van der Waals surface area contributed by atoms with E-state index in [2.05, 4.69) is 22.7 Å². The fourth-order valence-corrected chi connectivity index (χ4v) is 0.339. The van der Waals surface area contributed by atoms with Crippen molar-refractivity contribution < 1.29 is 5.21 Å². The Labute approximate surface area is 71.6 Å². The monoisotopic (exact) mass is 175 g/mol. The lowest BCUT2D eigenvalue weighted by molar-refractivity contribution is 0.233. The second-order valence-electron chi connectivity index (χ2n) is 2.46. The van der Waals surface area contributed by atoms with Crippen molar-refractivity contribution in [3.8, 4) is 0 Å². The molecule has 0 spiro atoms. The Hall–Kier alpha value is -0.680. The summed E-state index contributed by atoms with van der Waals surface area (Å²) in [7, 11) is 0. The number of thiocarbonyl (C=S) groups is 1. The van der Waals surface area contributed by atoms with E-state index in [1.54, 1.807) is 5.48 Å². The number of nitrogens with one attached hydrogen (secondary N) is 2. The Morgan fingerprint density at radius 3 is 2.45 bits per heavy atom. The van der Waals surface area contributed by atoms with Crippen LogP contribution in [0.3, 0.4) is 0 Å². The molecule has 0 aliphatic carbocycles. The molecule has 0 aliphatic rings. The molecule has 0 aromatic heterocycles. The largest absolute Gasteiger partial charge is 0.289 e. The molecule has 0 saturated carbocycles. The summed E-state index contributed by atoms with van der Waals surface area (Å²) in [6.45, 7) is 5.93. The van der Waals surface area contributed by atoms with Crippen LogP contribution in [0.5, 0.6) is 0 Å². The van der Waals surface area contributed by atoms with Crippen LogP contribution in [0.15, 0.2) is 5.10 Å². The summed E-state index contributed by atoms with van der Waals surface area (Å²) in [6.07, 6.45) is 0. The van der Waals surface area contributed by atoms with Crippen molar-refractivity contribution in [2.75, 3.05) is 0 Å². The minimum absolute atomic E-state index is 0.102. The fourth-order valence-electron chi connectivity index (χ4n) is 0.293. The summed E-state index contributed by atoms with van der Waals surface area (Å²) in [6, 6.07) is 0. The van der Waals surface area contributed by atoms with Crippen molar-refractivity contribution in [3.05, 3.63) is 0 Å². The number of nitrogens with zero attached hydrogens (tertiary/aromatic N) is 1. The molecule has 11 heavy (non-hydrogen) atoms. The van der Waals surface area contributed by atoms with Crippen LogP contribution in [-0.2, 0) is 0 Å². The first kappa shape index (κ1) is 10.3. The SMILES string of the molecule is C/C(=N\NC(=S)NO)C(C)C. The van der Waals surface area contributed by atoms with E-state index in [1.807, 2.05) is 20.8 Å². The van der Waals surface area contributed by atoms with E-state index in [0.29, 0.717) is 5.92 Å². The van der Waals surface area contributed by atoms with Gasteiger partial charge in [-0.25, -0.2) is 5.48 Å². The average Bonchev–Trinajstić information content (AvgIpc) is 1.99. The van der Waals surface area contributed by atoms with Crippen LogP contribution in [0, 0.1) is 5.92 Å². The van der Waals surface area contributed by atoms with Crippen molar-refractivity contribution in [3.63, 3.8) is 0 Å². The highest BCUT2D eigenvalue weighted by Crippen LogP contribution is 1.93. The third-order valence-electron chi connectivity index (χ3n) is 1.27. The first-order valence-corrected chi connectivity index (χ1v) is 3.73. The lowest BCUT2D eigenvalue weighted by atomic mass is 10.1. The quantitative estimate of drug-likeness (QED) is 0.331. The van der Waals surface area contributed by atoms with Crippen molar-refractivity contribution in [2.45, 2.75) is 20.8 Å². The third kappa shape index (κ3) is 4.69. The van der Waals surface area contributed by atoms with E-state index < -0.39 is 0 Å². The van der Waals surface area contributed by atoms with E-state index in [9.17, 15) is 0 Å². The number of hydrazone groups is 1. The molecule has 0 aliphatic heterocycles. The molecule has 0 aromatic carbocycles. The van der Waals surface area contributed by atoms with E-state index in [1.165, 1.54) is 0 Å². The predicted molar refractivity (Wildman–Crippen MR) is 48.6 cm³/mol. The smallest absolute Gasteiger partial charge is 0.210 e. The van der Waals surface area contributed by atoms with Gasteiger partial charge in [-0.05, 0) is 25.1 Å². The first-order chi connectivity index (χ1) is 5.07. The molecule has 0 heterocycles. The Balaban J connectivity index is 3.82. The molecule has 3 N–H and O–H groups in total. The summed E-state index contributed by atoms with van der Waals surface area (Å²) in [5.41, 5.74) is 5.18. The van der Waals surface area contributed by atoms with Gasteiger partial charge in [0, 0.05) is 5.71 Å². The number of hydrogen-bond acceptors (Lipinski definition) is 3. The maximum atomic E-state index is 8.26. The van der Waals surface area contributed by atoms with Crippen molar-refractivity contribution in [2.24, 2.45) is 11.0 Å². The van der Waals surface area contributed by atoms with Crippen LogP contribution >= 0.6 is 12.2 Å². The highest BCUT2D eigenvalue weighted by molar-refractivity contribution is 7.80. The Kier molecular flexibility index (Phi) is 4.72. The summed E-state index contributed by atoms with van der Waals surface area (Å²) in [5.74, 6) is 0.379. The average molecular weight is 175 g/mol. The second-order valence-corrected chi connectivity index (χ2v) is 2.87. The molecule has 0 aromatic rings. The lowest BCUT2D eigenvalue weighted by Gasteiger charge is -2.04. The minimum Gasteiger partial charge on any atom is -0.289 e. The van der Waals surface area contributed by atoms with Crippen LogP contribution in [0.1, 0.15) is 20.8 Å². The molecule has 0 unspecified atom stereocenters. The summed E-state index contributed by atoms with van der Waals surface area (Å²) >= 11 is 4.58. The molecule has 0 radical (unpaired) electrons. The highest BCUT2D eigenvalue weighted by Gasteiger charge is 1.97. The second kappa shape index (κ2) is 5.03. The van der Waals surface area contributed by atoms with E-state index in [0.717, 1.165) is 5.71 Å². The Morgan fingerprint density at radius 2 is 2.09 bits per heavy atom. The van der Waals surface area contributed by atoms with Gasteiger partial charge in [-0.3, -0.25) is 10.6 Å². The van der Waals surface area contributed by atoms with Crippen LogP contribution in [0.2, 0.25) is 0 Å². The van der Waals surface area contributed by atoms with Gasteiger partial charge in [0.25, 0.3) is 0 Å². The van der Waals surface area contributed by atoms with E-state index >= 15 is 0 Å². The van der Waals surface area contributed by atoms with Crippen molar-refractivity contribution in [1.82, 2.24) is 10.9 Å². The zero-order chi connectivity index (χ0) is 8.85. The van der Waals surface area contributed by atoms with Gasteiger partial charge in [-0.2, -0.15) is 5.10 Å². The molecule has 5 heteroatoms. The molecule has 0 amide bonds. The van der Waals surface area contributed by atoms with Gasteiger partial charge in [-0.15, -0.1) is 0 Å².